The average molecular weight is 619 g/mol. The molecule has 2 atom stereocenters. The fourth-order valence-corrected chi connectivity index (χ4v) is 5.41. The Morgan fingerprint density at radius 2 is 1.75 bits per heavy atom. The Balaban J connectivity index is 1.54. The van der Waals surface area contributed by atoms with Gasteiger partial charge < -0.3 is 20.1 Å². The summed E-state index contributed by atoms with van der Waals surface area (Å²) in [7, 11) is 1.49. The van der Waals surface area contributed by atoms with E-state index >= 15 is 0 Å². The van der Waals surface area contributed by atoms with Gasteiger partial charge in [-0.3, -0.25) is 9.69 Å². The molecule has 0 aliphatic carbocycles. The van der Waals surface area contributed by atoms with Crippen molar-refractivity contribution < 1.29 is 41.0 Å². The molecule has 2 amide bonds. The minimum atomic E-state index is -4.89. The summed E-state index contributed by atoms with van der Waals surface area (Å²) in [6.07, 6.45) is -5.99. The van der Waals surface area contributed by atoms with E-state index in [9.17, 15) is 31.5 Å². The van der Waals surface area contributed by atoms with Gasteiger partial charge in [0, 0.05) is 36.7 Å². The number of cyclic esters (lactones) is 1. The molecule has 2 fully saturated rings. The maximum absolute atomic E-state index is 14.2. The molecule has 0 saturated carbocycles. The van der Waals surface area contributed by atoms with Crippen LogP contribution in [0.3, 0.4) is 0 Å². The molecule has 13 heteroatoms. The Bertz CT molecular complexity index is 1550. The van der Waals surface area contributed by atoms with Crippen LogP contribution in [0.2, 0.25) is 0 Å². The van der Waals surface area contributed by atoms with E-state index in [0.717, 1.165) is 31.6 Å². The number of rotatable bonds is 9. The van der Waals surface area contributed by atoms with Crippen molar-refractivity contribution in [2.75, 3.05) is 25.1 Å². The predicted octanol–water partition coefficient (Wildman–Crippen LogP) is 6.21. The standard InChI is InChI=1S/C31H31F5N4O4/c1-17-28(19-13-20(30(2,32)33)15-21(14-19)31(34,35)36)44-29(42)40(17)16-24-22(6-8-27(38-24)39-9-4-10-39)23-11-18(12-26(37)41)5-7-25(23)43-3/h5-8,11,13-15,17,28H,4,9-10,12,16H2,1-3H3,(H2,37,41)/t17-,28-/m0/s1. The first-order valence-electron chi connectivity index (χ1n) is 13.9. The largest absolute Gasteiger partial charge is 0.496 e. The van der Waals surface area contributed by atoms with Crippen LogP contribution < -0.4 is 15.4 Å². The average Bonchev–Trinajstić information content (AvgIpc) is 3.19. The smallest absolute Gasteiger partial charge is 0.416 e. The molecule has 0 unspecified atom stereocenters. The lowest BCUT2D eigenvalue weighted by atomic mass is 9.95. The summed E-state index contributed by atoms with van der Waals surface area (Å²) in [6.45, 7) is 3.58. The van der Waals surface area contributed by atoms with Gasteiger partial charge in [-0.25, -0.2) is 18.6 Å². The van der Waals surface area contributed by atoms with Gasteiger partial charge in [-0.2, -0.15) is 13.2 Å². The molecule has 2 aromatic carbocycles. The van der Waals surface area contributed by atoms with Gasteiger partial charge in [-0.15, -0.1) is 0 Å². The summed E-state index contributed by atoms with van der Waals surface area (Å²) in [6, 6.07) is 10.1. The van der Waals surface area contributed by atoms with Gasteiger partial charge >= 0.3 is 12.3 Å². The number of carbonyl (C=O) groups is 2. The SMILES string of the molecule is COc1ccc(CC(N)=O)cc1-c1ccc(N2CCC2)nc1CN1C(=O)O[C@H](c2cc(C(C)(F)F)cc(C(F)(F)F)c2)[C@@H]1C. The van der Waals surface area contributed by atoms with Crippen LogP contribution in [0, 0.1) is 0 Å². The van der Waals surface area contributed by atoms with E-state index in [4.69, 9.17) is 20.2 Å². The lowest BCUT2D eigenvalue weighted by molar-refractivity contribution is -0.137. The molecule has 234 valence electrons. The van der Waals surface area contributed by atoms with Crippen molar-refractivity contribution >= 4 is 17.8 Å². The van der Waals surface area contributed by atoms with Crippen molar-refractivity contribution in [3.63, 3.8) is 0 Å². The number of nitrogens with two attached hydrogens (primary N) is 1. The van der Waals surface area contributed by atoms with Gasteiger partial charge in [0.15, 0.2) is 0 Å². The quantitative estimate of drug-likeness (QED) is 0.287. The number of amides is 2. The lowest BCUT2D eigenvalue weighted by Gasteiger charge is -2.33. The van der Waals surface area contributed by atoms with Crippen molar-refractivity contribution in [3.05, 3.63) is 76.5 Å². The topological polar surface area (TPSA) is 98.0 Å². The third-order valence-electron chi connectivity index (χ3n) is 7.90. The number of hydrogen-bond donors (Lipinski definition) is 1. The Morgan fingerprint density at radius 3 is 2.34 bits per heavy atom. The summed E-state index contributed by atoms with van der Waals surface area (Å²) in [4.78, 5) is 33.0. The molecule has 0 bridgehead atoms. The zero-order chi connectivity index (χ0) is 32.0. The number of ether oxygens (including phenoxy) is 2. The molecule has 8 nitrogen and oxygen atoms in total. The number of hydrogen-bond acceptors (Lipinski definition) is 6. The van der Waals surface area contributed by atoms with Crippen molar-refractivity contribution in [2.24, 2.45) is 5.73 Å². The first-order chi connectivity index (χ1) is 20.7. The van der Waals surface area contributed by atoms with E-state index < -0.39 is 47.4 Å². The second kappa shape index (κ2) is 11.6. The predicted molar refractivity (Wildman–Crippen MR) is 151 cm³/mol. The van der Waals surface area contributed by atoms with E-state index in [1.165, 1.54) is 12.0 Å². The Hall–Kier alpha value is -4.42. The summed E-state index contributed by atoms with van der Waals surface area (Å²) in [5.74, 6) is -2.93. The second-order valence-electron chi connectivity index (χ2n) is 11.1. The van der Waals surface area contributed by atoms with E-state index in [-0.39, 0.29) is 18.5 Å². The molecule has 0 spiro atoms. The molecule has 44 heavy (non-hydrogen) atoms. The summed E-state index contributed by atoms with van der Waals surface area (Å²) >= 11 is 0. The van der Waals surface area contributed by atoms with Gasteiger partial charge in [0.05, 0.1) is 37.4 Å². The minimum Gasteiger partial charge on any atom is -0.496 e. The molecule has 5 rings (SSSR count). The molecule has 2 N–H and O–H groups in total. The number of aromatic nitrogens is 1. The van der Waals surface area contributed by atoms with Crippen molar-refractivity contribution in [2.45, 2.75) is 57.5 Å². The van der Waals surface area contributed by atoms with E-state index in [0.29, 0.717) is 46.9 Å². The molecule has 1 aromatic heterocycles. The summed E-state index contributed by atoms with van der Waals surface area (Å²) in [5.41, 5.74) is 5.37. The number of carbonyl (C=O) groups excluding carboxylic acids is 2. The Labute approximate surface area is 250 Å². The van der Waals surface area contributed by atoms with Gasteiger partial charge in [0.25, 0.3) is 5.92 Å². The van der Waals surface area contributed by atoms with Crippen LogP contribution in [-0.4, -0.2) is 48.1 Å². The van der Waals surface area contributed by atoms with Crippen molar-refractivity contribution in [3.8, 4) is 16.9 Å². The number of primary amides is 1. The fraction of sp³-hybridized carbons (Fsp3) is 0.387. The number of nitrogens with zero attached hydrogens (tertiary/aromatic N) is 3. The normalized spacial score (nSPS) is 18.7. The Morgan fingerprint density at radius 1 is 1.05 bits per heavy atom. The van der Waals surface area contributed by atoms with Crippen LogP contribution >= 0.6 is 0 Å². The third kappa shape index (κ3) is 6.27. The molecular formula is C31H31F5N4O4. The number of anilines is 1. The summed E-state index contributed by atoms with van der Waals surface area (Å²) in [5, 5.41) is 0. The highest BCUT2D eigenvalue weighted by atomic mass is 19.4. The van der Waals surface area contributed by atoms with Crippen LogP contribution in [-0.2, 0) is 34.6 Å². The first-order valence-corrected chi connectivity index (χ1v) is 13.9. The molecule has 2 aliphatic heterocycles. The van der Waals surface area contributed by atoms with Crippen LogP contribution in [0.5, 0.6) is 5.75 Å². The Kier molecular flexibility index (Phi) is 8.17. The first kappa shape index (κ1) is 31.0. The van der Waals surface area contributed by atoms with Crippen LogP contribution in [0.15, 0.2) is 48.5 Å². The van der Waals surface area contributed by atoms with Crippen LogP contribution in [0.25, 0.3) is 11.1 Å². The zero-order valence-corrected chi connectivity index (χ0v) is 24.3. The fourth-order valence-electron chi connectivity index (χ4n) is 5.41. The van der Waals surface area contributed by atoms with E-state index in [2.05, 4.69) is 4.90 Å². The van der Waals surface area contributed by atoms with Crippen LogP contribution in [0.1, 0.15) is 54.3 Å². The maximum Gasteiger partial charge on any atom is 0.416 e. The lowest BCUT2D eigenvalue weighted by Crippen LogP contribution is -2.38. The molecule has 2 saturated heterocycles. The van der Waals surface area contributed by atoms with Crippen molar-refractivity contribution in [1.29, 1.82) is 0 Å². The monoisotopic (exact) mass is 618 g/mol. The van der Waals surface area contributed by atoms with Crippen LogP contribution in [0.4, 0.5) is 32.6 Å². The second-order valence-corrected chi connectivity index (χ2v) is 11.1. The van der Waals surface area contributed by atoms with E-state index in [1.54, 1.807) is 25.1 Å². The van der Waals surface area contributed by atoms with Gasteiger partial charge in [-0.05, 0) is 66.9 Å². The maximum atomic E-state index is 14.2. The molecule has 0 radical (unpaired) electrons. The van der Waals surface area contributed by atoms with Gasteiger partial charge in [0.1, 0.15) is 17.7 Å². The number of benzene rings is 2. The molecule has 2 aliphatic rings. The highest BCUT2D eigenvalue weighted by molar-refractivity contribution is 5.80. The van der Waals surface area contributed by atoms with Crippen molar-refractivity contribution in [1.82, 2.24) is 9.88 Å². The number of methoxy groups -OCH3 is 1. The molecule has 3 aromatic rings. The molecular weight excluding hydrogens is 587 g/mol. The third-order valence-corrected chi connectivity index (χ3v) is 7.90. The van der Waals surface area contributed by atoms with E-state index in [1.807, 2.05) is 12.1 Å². The number of alkyl halides is 5. The zero-order valence-electron chi connectivity index (χ0n) is 24.3. The highest BCUT2D eigenvalue weighted by Crippen LogP contribution is 2.42. The minimum absolute atomic E-state index is 0.0153. The number of pyridine rings is 1. The van der Waals surface area contributed by atoms with Gasteiger partial charge in [-0.1, -0.05) is 6.07 Å². The summed E-state index contributed by atoms with van der Waals surface area (Å²) < 4.78 is 80.4. The molecule has 3 heterocycles. The highest BCUT2D eigenvalue weighted by Gasteiger charge is 2.43. The van der Waals surface area contributed by atoms with Gasteiger partial charge in [0.2, 0.25) is 5.91 Å². The number of halogens is 5.